The molecule has 120 valence electrons. The summed E-state index contributed by atoms with van der Waals surface area (Å²) in [4.78, 5) is 11.8. The summed E-state index contributed by atoms with van der Waals surface area (Å²) in [5.74, 6) is 0.222. The normalized spacial score (nSPS) is 12.1. The van der Waals surface area contributed by atoms with Crippen molar-refractivity contribution in [2.24, 2.45) is 0 Å². The van der Waals surface area contributed by atoms with Crippen LogP contribution in [0.2, 0.25) is 0 Å². The average molecular weight is 311 g/mol. The lowest BCUT2D eigenvalue weighted by atomic mass is 10.2. The summed E-state index contributed by atoms with van der Waals surface area (Å²) >= 11 is 0. The van der Waals surface area contributed by atoms with Crippen LogP contribution in [0.5, 0.6) is 5.75 Å². The number of amides is 1. The maximum absolute atomic E-state index is 11.8. The van der Waals surface area contributed by atoms with E-state index < -0.39 is 12.0 Å². The zero-order valence-electron chi connectivity index (χ0n) is 13.1. The standard InChI is InChI=1S/C19H21NO3/c1-15-8-5-6-12-18(15)23-14-17(21)19(22)20-13-7-11-16-9-3-2-4-10-16/h2-12,17,21H,13-14H2,1H3,(H,20,22)/b11-7+. The van der Waals surface area contributed by atoms with Crippen LogP contribution in [0.1, 0.15) is 11.1 Å². The zero-order valence-corrected chi connectivity index (χ0v) is 13.1. The molecule has 0 aromatic heterocycles. The molecule has 0 aliphatic rings. The predicted molar refractivity (Wildman–Crippen MR) is 91.2 cm³/mol. The molecule has 1 amide bonds. The van der Waals surface area contributed by atoms with Gasteiger partial charge in [0, 0.05) is 6.54 Å². The van der Waals surface area contributed by atoms with E-state index in [-0.39, 0.29) is 6.61 Å². The van der Waals surface area contributed by atoms with E-state index in [9.17, 15) is 9.90 Å². The second-order valence-electron chi connectivity index (χ2n) is 5.15. The van der Waals surface area contributed by atoms with Gasteiger partial charge in [0.2, 0.25) is 0 Å². The third-order valence-corrected chi connectivity index (χ3v) is 3.30. The molecule has 0 saturated carbocycles. The Kier molecular flexibility index (Phi) is 6.39. The van der Waals surface area contributed by atoms with Crippen molar-refractivity contribution in [3.8, 4) is 5.75 Å². The molecule has 0 radical (unpaired) electrons. The van der Waals surface area contributed by atoms with Crippen LogP contribution in [0.3, 0.4) is 0 Å². The van der Waals surface area contributed by atoms with E-state index in [2.05, 4.69) is 5.32 Å². The topological polar surface area (TPSA) is 58.6 Å². The molecule has 1 unspecified atom stereocenters. The Balaban J connectivity index is 1.73. The first-order chi connectivity index (χ1) is 11.2. The van der Waals surface area contributed by atoms with E-state index in [1.165, 1.54) is 0 Å². The second kappa shape index (κ2) is 8.76. The highest BCUT2D eigenvalue weighted by Crippen LogP contribution is 2.16. The number of aliphatic hydroxyl groups is 1. The Hall–Kier alpha value is -2.59. The van der Waals surface area contributed by atoms with Crippen LogP contribution in [-0.4, -0.2) is 30.3 Å². The van der Waals surface area contributed by atoms with Crippen LogP contribution < -0.4 is 10.1 Å². The highest BCUT2D eigenvalue weighted by molar-refractivity contribution is 5.80. The van der Waals surface area contributed by atoms with E-state index in [0.717, 1.165) is 11.1 Å². The smallest absolute Gasteiger partial charge is 0.252 e. The number of carbonyl (C=O) groups is 1. The van der Waals surface area contributed by atoms with Gasteiger partial charge in [-0.1, -0.05) is 60.7 Å². The molecule has 0 saturated heterocycles. The van der Waals surface area contributed by atoms with Crippen molar-refractivity contribution in [1.29, 1.82) is 0 Å². The highest BCUT2D eigenvalue weighted by Gasteiger charge is 2.15. The number of nitrogens with one attached hydrogen (secondary N) is 1. The van der Waals surface area contributed by atoms with Gasteiger partial charge >= 0.3 is 0 Å². The molecule has 2 N–H and O–H groups in total. The predicted octanol–water partition coefficient (Wildman–Crippen LogP) is 2.56. The summed E-state index contributed by atoms with van der Waals surface area (Å²) in [5.41, 5.74) is 2.02. The summed E-state index contributed by atoms with van der Waals surface area (Å²) in [7, 11) is 0. The van der Waals surface area contributed by atoms with Crippen molar-refractivity contribution in [3.63, 3.8) is 0 Å². The van der Waals surface area contributed by atoms with E-state index >= 15 is 0 Å². The minimum atomic E-state index is -1.19. The SMILES string of the molecule is Cc1ccccc1OCC(O)C(=O)NC/C=C/c1ccccc1. The van der Waals surface area contributed by atoms with E-state index in [1.807, 2.05) is 73.7 Å². The Bertz CT molecular complexity index is 653. The van der Waals surface area contributed by atoms with Gasteiger partial charge in [-0.15, -0.1) is 0 Å². The molecule has 0 heterocycles. The average Bonchev–Trinajstić information content (AvgIpc) is 2.58. The lowest BCUT2D eigenvalue weighted by molar-refractivity contribution is -0.130. The molecule has 0 spiro atoms. The summed E-state index contributed by atoms with van der Waals surface area (Å²) in [6, 6.07) is 17.3. The number of rotatable bonds is 7. The number of carbonyl (C=O) groups excluding carboxylic acids is 1. The molecule has 0 bridgehead atoms. The van der Waals surface area contributed by atoms with Gasteiger partial charge in [0.15, 0.2) is 6.10 Å². The van der Waals surface area contributed by atoms with Gasteiger partial charge < -0.3 is 15.2 Å². The van der Waals surface area contributed by atoms with Crippen LogP contribution in [0.15, 0.2) is 60.7 Å². The van der Waals surface area contributed by atoms with E-state index in [0.29, 0.717) is 12.3 Å². The van der Waals surface area contributed by atoms with Crippen LogP contribution >= 0.6 is 0 Å². The molecule has 4 nitrogen and oxygen atoms in total. The van der Waals surface area contributed by atoms with Crippen molar-refractivity contribution < 1.29 is 14.6 Å². The van der Waals surface area contributed by atoms with Gasteiger partial charge in [-0.2, -0.15) is 0 Å². The molecule has 2 aromatic rings. The first kappa shape index (κ1) is 16.8. The molecule has 2 rings (SSSR count). The molecule has 0 fully saturated rings. The Morgan fingerprint density at radius 1 is 1.17 bits per heavy atom. The van der Waals surface area contributed by atoms with Gasteiger partial charge in [0.25, 0.3) is 5.91 Å². The fraction of sp³-hybridized carbons (Fsp3) is 0.211. The lowest BCUT2D eigenvalue weighted by Crippen LogP contribution is -2.38. The highest BCUT2D eigenvalue weighted by atomic mass is 16.5. The largest absolute Gasteiger partial charge is 0.490 e. The Morgan fingerprint density at radius 2 is 1.87 bits per heavy atom. The van der Waals surface area contributed by atoms with E-state index in [1.54, 1.807) is 0 Å². The molecular weight excluding hydrogens is 290 g/mol. The zero-order chi connectivity index (χ0) is 16.5. The van der Waals surface area contributed by atoms with Crippen LogP contribution in [0.4, 0.5) is 0 Å². The van der Waals surface area contributed by atoms with Gasteiger partial charge in [-0.25, -0.2) is 0 Å². The molecule has 1 atom stereocenters. The molecule has 0 aliphatic heterocycles. The lowest BCUT2D eigenvalue weighted by Gasteiger charge is -2.13. The van der Waals surface area contributed by atoms with Gasteiger partial charge in [0.1, 0.15) is 12.4 Å². The third-order valence-electron chi connectivity index (χ3n) is 3.30. The molecular formula is C19H21NO3. The summed E-state index contributed by atoms with van der Waals surface area (Å²) in [6.45, 7) is 2.20. The fourth-order valence-electron chi connectivity index (χ4n) is 2.00. The van der Waals surface area contributed by atoms with Crippen molar-refractivity contribution in [1.82, 2.24) is 5.32 Å². The number of aryl methyl sites for hydroxylation is 1. The summed E-state index contributed by atoms with van der Waals surface area (Å²) in [5, 5.41) is 12.5. The van der Waals surface area contributed by atoms with Crippen molar-refractivity contribution in [2.75, 3.05) is 13.2 Å². The molecule has 0 aliphatic carbocycles. The minimum Gasteiger partial charge on any atom is -0.490 e. The van der Waals surface area contributed by atoms with Crippen molar-refractivity contribution in [2.45, 2.75) is 13.0 Å². The first-order valence-electron chi connectivity index (χ1n) is 7.52. The van der Waals surface area contributed by atoms with Crippen LogP contribution in [-0.2, 0) is 4.79 Å². The maximum Gasteiger partial charge on any atom is 0.252 e. The molecule has 23 heavy (non-hydrogen) atoms. The summed E-state index contributed by atoms with van der Waals surface area (Å²) in [6.07, 6.45) is 2.55. The fourth-order valence-corrected chi connectivity index (χ4v) is 2.00. The maximum atomic E-state index is 11.8. The van der Waals surface area contributed by atoms with Gasteiger partial charge in [-0.3, -0.25) is 4.79 Å². The number of ether oxygens (including phenoxy) is 1. The number of hydrogen-bond donors (Lipinski definition) is 2. The quantitative estimate of drug-likeness (QED) is 0.826. The summed E-state index contributed by atoms with van der Waals surface area (Å²) < 4.78 is 5.47. The number of benzene rings is 2. The van der Waals surface area contributed by atoms with Crippen molar-refractivity contribution >= 4 is 12.0 Å². The second-order valence-corrected chi connectivity index (χ2v) is 5.15. The van der Waals surface area contributed by atoms with Gasteiger partial charge in [0.05, 0.1) is 0 Å². The molecule has 2 aromatic carbocycles. The number of hydrogen-bond acceptors (Lipinski definition) is 3. The number of aliphatic hydroxyl groups excluding tert-OH is 1. The minimum absolute atomic E-state index is 0.0704. The first-order valence-corrected chi connectivity index (χ1v) is 7.52. The Labute approximate surface area is 136 Å². The monoisotopic (exact) mass is 311 g/mol. The van der Waals surface area contributed by atoms with E-state index in [4.69, 9.17) is 4.74 Å². The molecule has 4 heteroatoms. The van der Waals surface area contributed by atoms with Crippen LogP contribution in [0, 0.1) is 6.92 Å². The third kappa shape index (κ3) is 5.60. The van der Waals surface area contributed by atoms with Crippen molar-refractivity contribution in [3.05, 3.63) is 71.8 Å². The van der Waals surface area contributed by atoms with Crippen LogP contribution in [0.25, 0.3) is 6.08 Å². The number of para-hydroxylation sites is 1. The Morgan fingerprint density at radius 3 is 2.61 bits per heavy atom. The van der Waals surface area contributed by atoms with Gasteiger partial charge in [-0.05, 0) is 24.1 Å².